The van der Waals surface area contributed by atoms with E-state index in [0.717, 1.165) is 0 Å². The molecule has 23 heavy (non-hydrogen) atoms. The van der Waals surface area contributed by atoms with E-state index in [-0.39, 0.29) is 22.4 Å². The van der Waals surface area contributed by atoms with Gasteiger partial charge in [-0.25, -0.2) is 4.79 Å². The summed E-state index contributed by atoms with van der Waals surface area (Å²) in [6, 6.07) is 5.94. The molecular weight excluding hydrogens is 383 g/mol. The van der Waals surface area contributed by atoms with Crippen LogP contribution in [0.15, 0.2) is 34.9 Å². The molecule has 2 N–H and O–H groups in total. The molecule has 0 radical (unpaired) electrons. The number of nitrogens with zero attached hydrogens (tertiary/aromatic N) is 2. The van der Waals surface area contributed by atoms with E-state index in [9.17, 15) is 22.8 Å². The topological polar surface area (TPSA) is 84.2 Å². The lowest BCUT2D eigenvalue weighted by Crippen LogP contribution is -2.30. The Kier molecular flexibility index (Phi) is 4.73. The number of carbonyl (C=O) groups is 2. The molecule has 10 heteroatoms. The molecule has 0 unspecified atom stereocenters. The van der Waals surface area contributed by atoms with Crippen molar-refractivity contribution in [3.8, 4) is 0 Å². The number of halogens is 4. The first kappa shape index (κ1) is 17.0. The van der Waals surface area contributed by atoms with E-state index in [1.54, 1.807) is 17.4 Å². The number of carbonyl (C=O) groups excluding carboxylic acids is 1. The van der Waals surface area contributed by atoms with Crippen LogP contribution in [0.25, 0.3) is 0 Å². The number of carboxylic acids is 1. The highest BCUT2D eigenvalue weighted by molar-refractivity contribution is 9.10. The van der Waals surface area contributed by atoms with E-state index in [1.165, 1.54) is 23.0 Å². The van der Waals surface area contributed by atoms with E-state index >= 15 is 0 Å². The van der Waals surface area contributed by atoms with Gasteiger partial charge in [-0.05, 0) is 33.6 Å². The van der Waals surface area contributed by atoms with Crippen molar-refractivity contribution in [2.75, 3.05) is 5.32 Å². The summed E-state index contributed by atoms with van der Waals surface area (Å²) in [4.78, 5) is 21.6. The number of aromatic nitrogens is 2. The highest BCUT2D eigenvalue weighted by atomic mass is 79.9. The molecule has 2 rings (SSSR count). The highest BCUT2D eigenvalue weighted by Crippen LogP contribution is 2.24. The van der Waals surface area contributed by atoms with Crippen LogP contribution in [0.5, 0.6) is 0 Å². The van der Waals surface area contributed by atoms with Gasteiger partial charge < -0.3 is 10.4 Å². The quantitative estimate of drug-likeness (QED) is 0.838. The molecular formula is C13H9BrF3N3O3. The fraction of sp³-hybridized carbons (Fsp3) is 0.154. The van der Waals surface area contributed by atoms with Gasteiger partial charge in [0.15, 0.2) is 5.82 Å². The second-order valence-electron chi connectivity index (χ2n) is 4.48. The second kappa shape index (κ2) is 6.41. The SMILES string of the molecule is O=C(O)c1ccc(Cn2cc(Br)c(NC(=O)C(F)(F)F)n2)cc1. The van der Waals surface area contributed by atoms with Crippen LogP contribution in [0.2, 0.25) is 0 Å². The van der Waals surface area contributed by atoms with Crippen molar-refractivity contribution in [3.63, 3.8) is 0 Å². The van der Waals surface area contributed by atoms with Crippen LogP contribution in [0.3, 0.4) is 0 Å². The molecule has 2 aromatic rings. The van der Waals surface area contributed by atoms with Crippen molar-refractivity contribution in [1.29, 1.82) is 0 Å². The number of hydrogen-bond acceptors (Lipinski definition) is 3. The summed E-state index contributed by atoms with van der Waals surface area (Å²) >= 11 is 3.01. The van der Waals surface area contributed by atoms with Crippen LogP contribution in [0, 0.1) is 0 Å². The molecule has 0 aliphatic carbocycles. The first-order chi connectivity index (χ1) is 10.7. The van der Waals surface area contributed by atoms with Crippen molar-refractivity contribution in [2.24, 2.45) is 0 Å². The molecule has 122 valence electrons. The summed E-state index contributed by atoms with van der Waals surface area (Å²) in [5, 5.41) is 14.3. The van der Waals surface area contributed by atoms with Crippen molar-refractivity contribution in [3.05, 3.63) is 46.1 Å². The molecule has 0 aliphatic rings. The van der Waals surface area contributed by atoms with Crippen molar-refractivity contribution >= 4 is 33.6 Å². The highest BCUT2D eigenvalue weighted by Gasteiger charge is 2.39. The summed E-state index contributed by atoms with van der Waals surface area (Å²) < 4.78 is 38.1. The summed E-state index contributed by atoms with van der Waals surface area (Å²) in [6.45, 7) is 0.195. The van der Waals surface area contributed by atoms with Gasteiger partial charge in [0.1, 0.15) is 0 Å². The molecule has 1 aromatic heterocycles. The minimum Gasteiger partial charge on any atom is -0.478 e. The van der Waals surface area contributed by atoms with E-state index in [2.05, 4.69) is 21.0 Å². The number of amides is 1. The number of carboxylic acid groups (broad SMARTS) is 1. The van der Waals surface area contributed by atoms with Crippen molar-refractivity contribution < 1.29 is 27.9 Å². The van der Waals surface area contributed by atoms with Crippen LogP contribution >= 0.6 is 15.9 Å². The lowest BCUT2D eigenvalue weighted by molar-refractivity contribution is -0.167. The zero-order valence-corrected chi connectivity index (χ0v) is 12.8. The van der Waals surface area contributed by atoms with Gasteiger partial charge in [0, 0.05) is 6.20 Å². The average Bonchev–Trinajstić information content (AvgIpc) is 2.78. The maximum Gasteiger partial charge on any atom is 0.471 e. The van der Waals surface area contributed by atoms with Crippen LogP contribution < -0.4 is 5.32 Å². The Balaban J connectivity index is 2.11. The molecule has 0 saturated heterocycles. The van der Waals surface area contributed by atoms with Crippen molar-refractivity contribution in [2.45, 2.75) is 12.7 Å². The monoisotopic (exact) mass is 391 g/mol. The first-order valence-corrected chi connectivity index (χ1v) is 6.89. The molecule has 1 aromatic carbocycles. The van der Waals surface area contributed by atoms with Gasteiger partial charge in [0.25, 0.3) is 0 Å². The Morgan fingerprint density at radius 3 is 2.39 bits per heavy atom. The fourth-order valence-corrected chi connectivity index (χ4v) is 2.10. The number of alkyl halides is 3. The number of hydrogen-bond donors (Lipinski definition) is 2. The van der Waals surface area contributed by atoms with Crippen LogP contribution in [-0.4, -0.2) is 32.9 Å². The Morgan fingerprint density at radius 2 is 1.87 bits per heavy atom. The minimum absolute atomic E-state index is 0.119. The summed E-state index contributed by atoms with van der Waals surface area (Å²) in [6.07, 6.45) is -3.60. The minimum atomic E-state index is -5.00. The molecule has 1 amide bonds. The number of rotatable bonds is 4. The molecule has 1 heterocycles. The molecule has 0 atom stereocenters. The first-order valence-electron chi connectivity index (χ1n) is 6.10. The van der Waals surface area contributed by atoms with Gasteiger partial charge in [0.05, 0.1) is 16.6 Å². The molecule has 0 spiro atoms. The van der Waals surface area contributed by atoms with E-state index in [4.69, 9.17) is 5.11 Å². The maximum atomic E-state index is 12.2. The van der Waals surface area contributed by atoms with E-state index < -0.39 is 18.1 Å². The lowest BCUT2D eigenvalue weighted by atomic mass is 10.1. The number of nitrogens with one attached hydrogen (secondary N) is 1. The molecule has 0 aliphatic heterocycles. The van der Waals surface area contributed by atoms with Crippen LogP contribution in [-0.2, 0) is 11.3 Å². The number of aromatic carboxylic acids is 1. The maximum absolute atomic E-state index is 12.2. The Morgan fingerprint density at radius 1 is 1.26 bits per heavy atom. The summed E-state index contributed by atoms with van der Waals surface area (Å²) in [7, 11) is 0. The normalized spacial score (nSPS) is 11.3. The van der Waals surface area contributed by atoms with Crippen LogP contribution in [0.4, 0.5) is 19.0 Å². The Bertz CT molecular complexity index is 741. The second-order valence-corrected chi connectivity index (χ2v) is 5.33. The van der Waals surface area contributed by atoms with Gasteiger partial charge >= 0.3 is 18.1 Å². The number of benzene rings is 1. The third kappa shape index (κ3) is 4.31. The smallest absolute Gasteiger partial charge is 0.471 e. The van der Waals surface area contributed by atoms with Gasteiger partial charge in [0.2, 0.25) is 0 Å². The van der Waals surface area contributed by atoms with Crippen LogP contribution in [0.1, 0.15) is 15.9 Å². The predicted octanol–water partition coefficient (Wildman–Crippen LogP) is 2.89. The molecule has 0 bridgehead atoms. The van der Waals surface area contributed by atoms with Crippen molar-refractivity contribution in [1.82, 2.24) is 9.78 Å². The third-order valence-electron chi connectivity index (χ3n) is 2.75. The molecule has 0 fully saturated rings. The standard InChI is InChI=1S/C13H9BrF3N3O3/c14-9-6-20(19-10(9)18-12(23)13(15,16)17)5-7-1-3-8(4-2-7)11(21)22/h1-4,6H,5H2,(H,21,22)(H,18,19,23). The van der Waals surface area contributed by atoms with Gasteiger partial charge in [-0.3, -0.25) is 9.48 Å². The van der Waals surface area contributed by atoms with E-state index in [0.29, 0.717) is 5.56 Å². The molecule has 6 nitrogen and oxygen atoms in total. The number of anilines is 1. The van der Waals surface area contributed by atoms with Gasteiger partial charge in [-0.15, -0.1) is 0 Å². The van der Waals surface area contributed by atoms with Gasteiger partial charge in [-0.1, -0.05) is 12.1 Å². The lowest BCUT2D eigenvalue weighted by Gasteiger charge is -2.05. The zero-order valence-electron chi connectivity index (χ0n) is 11.3. The fourth-order valence-electron chi connectivity index (χ4n) is 1.68. The van der Waals surface area contributed by atoms with E-state index in [1.807, 2.05) is 0 Å². The zero-order chi connectivity index (χ0) is 17.2. The summed E-state index contributed by atoms with van der Waals surface area (Å²) in [5.74, 6) is -3.43. The third-order valence-corrected chi connectivity index (χ3v) is 3.33. The Labute approximate surface area is 136 Å². The summed E-state index contributed by atoms with van der Waals surface area (Å²) in [5.41, 5.74) is 0.812. The average molecular weight is 392 g/mol. The van der Waals surface area contributed by atoms with Gasteiger partial charge in [-0.2, -0.15) is 18.3 Å². The largest absolute Gasteiger partial charge is 0.478 e. The molecule has 0 saturated carbocycles. The Hall–Kier alpha value is -2.36. The predicted molar refractivity (Wildman–Crippen MR) is 77.1 cm³/mol.